The van der Waals surface area contributed by atoms with Gasteiger partial charge in [-0.25, -0.2) is 0 Å². The first-order valence-corrected chi connectivity index (χ1v) is 6.73. The number of primary amides is 1. The maximum Gasteiger partial charge on any atom is 0.248 e. The highest BCUT2D eigenvalue weighted by Crippen LogP contribution is 2.20. The number of amides is 1. The quantitative estimate of drug-likeness (QED) is 0.888. The second-order valence-electron chi connectivity index (χ2n) is 4.54. The molecule has 0 unspecified atom stereocenters. The number of anilines is 1. The number of hydrogen-bond acceptors (Lipinski definition) is 3. The Hall–Kier alpha value is -2.01. The van der Waals surface area contributed by atoms with E-state index in [9.17, 15) is 4.79 Å². The number of rotatable bonds is 5. The molecule has 0 radical (unpaired) electrons. The Morgan fingerprint density at radius 2 is 2.25 bits per heavy atom. The van der Waals surface area contributed by atoms with E-state index in [1.54, 1.807) is 22.9 Å². The van der Waals surface area contributed by atoms with E-state index in [0.717, 1.165) is 23.4 Å². The molecule has 0 saturated carbocycles. The maximum absolute atomic E-state index is 11.1. The smallest absolute Gasteiger partial charge is 0.248 e. The highest BCUT2D eigenvalue weighted by molar-refractivity contribution is 6.31. The number of aryl methyl sites for hydroxylation is 2. The molecule has 1 aromatic carbocycles. The van der Waals surface area contributed by atoms with Gasteiger partial charge in [0.15, 0.2) is 0 Å². The third-order valence-corrected chi connectivity index (χ3v) is 3.40. The number of nitrogens with one attached hydrogen (secondary N) is 1. The molecule has 106 valence electrons. The van der Waals surface area contributed by atoms with E-state index in [4.69, 9.17) is 17.3 Å². The lowest BCUT2D eigenvalue weighted by molar-refractivity contribution is 0.100. The van der Waals surface area contributed by atoms with E-state index in [1.807, 2.05) is 13.2 Å². The summed E-state index contributed by atoms with van der Waals surface area (Å²) < 4.78 is 1.78. The molecule has 1 aromatic heterocycles. The van der Waals surface area contributed by atoms with Crippen LogP contribution < -0.4 is 11.1 Å². The van der Waals surface area contributed by atoms with Crippen molar-refractivity contribution >= 4 is 23.2 Å². The fraction of sp³-hybridized carbons (Fsp3) is 0.286. The van der Waals surface area contributed by atoms with Crippen molar-refractivity contribution in [2.75, 3.05) is 5.32 Å². The molecular weight excluding hydrogens is 276 g/mol. The van der Waals surface area contributed by atoms with Crippen molar-refractivity contribution in [3.8, 4) is 0 Å². The van der Waals surface area contributed by atoms with Gasteiger partial charge >= 0.3 is 0 Å². The number of carbonyl (C=O) groups is 1. The fourth-order valence-corrected chi connectivity index (χ4v) is 2.23. The van der Waals surface area contributed by atoms with Crippen molar-refractivity contribution < 1.29 is 4.79 Å². The minimum Gasteiger partial charge on any atom is -0.378 e. The Labute approximate surface area is 122 Å². The molecule has 2 rings (SSSR count). The summed E-state index contributed by atoms with van der Waals surface area (Å²) in [7, 11) is 1.89. The van der Waals surface area contributed by atoms with Crippen LogP contribution in [-0.2, 0) is 20.0 Å². The number of hydrogen-bond donors (Lipinski definition) is 2. The molecule has 20 heavy (non-hydrogen) atoms. The summed E-state index contributed by atoms with van der Waals surface area (Å²) in [5, 5.41) is 8.19. The van der Waals surface area contributed by atoms with E-state index < -0.39 is 5.91 Å². The van der Waals surface area contributed by atoms with Crippen LogP contribution >= 0.6 is 11.6 Å². The Kier molecular flexibility index (Phi) is 4.29. The maximum atomic E-state index is 11.1. The van der Waals surface area contributed by atoms with Gasteiger partial charge in [0.2, 0.25) is 5.91 Å². The summed E-state index contributed by atoms with van der Waals surface area (Å²) in [6, 6.07) is 5.07. The third-order valence-electron chi connectivity index (χ3n) is 3.05. The van der Waals surface area contributed by atoms with Crippen LogP contribution in [0.4, 0.5) is 5.69 Å². The molecule has 0 spiro atoms. The summed E-state index contributed by atoms with van der Waals surface area (Å²) in [5.41, 5.74) is 8.53. The number of nitrogens with zero attached hydrogens (tertiary/aromatic N) is 2. The van der Waals surface area contributed by atoms with Gasteiger partial charge in [-0.2, -0.15) is 5.10 Å². The second-order valence-corrected chi connectivity index (χ2v) is 4.95. The molecular formula is C14H17ClN4O. The zero-order valence-corrected chi connectivity index (χ0v) is 12.2. The van der Waals surface area contributed by atoms with Gasteiger partial charge in [0.25, 0.3) is 0 Å². The number of aromatic nitrogens is 2. The van der Waals surface area contributed by atoms with Crippen LogP contribution in [0.1, 0.15) is 28.5 Å². The molecule has 1 amide bonds. The van der Waals surface area contributed by atoms with Crippen molar-refractivity contribution in [3.05, 3.63) is 46.2 Å². The molecule has 0 saturated heterocycles. The van der Waals surface area contributed by atoms with Crippen LogP contribution in [0.3, 0.4) is 0 Å². The number of carbonyl (C=O) groups excluding carboxylic acids is 1. The lowest BCUT2D eigenvalue weighted by atomic mass is 10.1. The first-order chi connectivity index (χ1) is 9.51. The lowest BCUT2D eigenvalue weighted by Gasteiger charge is -2.08. The van der Waals surface area contributed by atoms with Gasteiger partial charge in [0, 0.05) is 30.4 Å². The molecule has 6 heteroatoms. The Morgan fingerprint density at radius 3 is 2.85 bits per heavy atom. The average Bonchev–Trinajstić information content (AvgIpc) is 2.77. The zero-order chi connectivity index (χ0) is 14.7. The van der Waals surface area contributed by atoms with Gasteiger partial charge in [-0.3, -0.25) is 9.48 Å². The van der Waals surface area contributed by atoms with Crippen molar-refractivity contribution in [2.24, 2.45) is 12.8 Å². The van der Waals surface area contributed by atoms with E-state index in [0.29, 0.717) is 17.1 Å². The second kappa shape index (κ2) is 5.96. The van der Waals surface area contributed by atoms with Crippen molar-refractivity contribution in [3.63, 3.8) is 0 Å². The molecule has 5 nitrogen and oxygen atoms in total. The Bertz CT molecular complexity index is 636. The molecule has 0 aliphatic carbocycles. The molecule has 0 aliphatic heterocycles. The summed E-state index contributed by atoms with van der Waals surface area (Å²) >= 11 is 6.15. The number of nitrogens with two attached hydrogens (primary N) is 1. The van der Waals surface area contributed by atoms with Crippen LogP contribution in [0.25, 0.3) is 0 Å². The number of benzene rings is 1. The van der Waals surface area contributed by atoms with Crippen molar-refractivity contribution in [2.45, 2.75) is 19.9 Å². The molecule has 3 N–H and O–H groups in total. The number of halogens is 1. The monoisotopic (exact) mass is 292 g/mol. The molecule has 1 heterocycles. The zero-order valence-electron chi connectivity index (χ0n) is 11.5. The van der Waals surface area contributed by atoms with Crippen LogP contribution in [0.15, 0.2) is 24.4 Å². The third kappa shape index (κ3) is 3.11. The largest absolute Gasteiger partial charge is 0.378 e. The van der Waals surface area contributed by atoms with Gasteiger partial charge in [-0.1, -0.05) is 24.6 Å². The Morgan fingerprint density at radius 1 is 1.50 bits per heavy atom. The van der Waals surface area contributed by atoms with Gasteiger partial charge in [-0.05, 0) is 24.1 Å². The predicted molar refractivity (Wildman–Crippen MR) is 79.9 cm³/mol. The topological polar surface area (TPSA) is 72.9 Å². The molecule has 0 bridgehead atoms. The molecule has 0 atom stereocenters. The summed E-state index contributed by atoms with van der Waals surface area (Å²) in [6.45, 7) is 2.62. The first-order valence-electron chi connectivity index (χ1n) is 6.36. The molecule has 0 fully saturated rings. The van der Waals surface area contributed by atoms with E-state index >= 15 is 0 Å². The van der Waals surface area contributed by atoms with Gasteiger partial charge in [0.05, 0.1) is 11.4 Å². The van der Waals surface area contributed by atoms with Gasteiger partial charge in [0.1, 0.15) is 0 Å². The van der Waals surface area contributed by atoms with E-state index in [-0.39, 0.29) is 0 Å². The summed E-state index contributed by atoms with van der Waals surface area (Å²) in [5.74, 6) is -0.480. The SMILES string of the molecule is CCc1nn(C)cc1NCc1ccc(C(N)=O)cc1Cl. The normalized spacial score (nSPS) is 10.6. The van der Waals surface area contributed by atoms with Crippen molar-refractivity contribution in [1.82, 2.24) is 9.78 Å². The fourth-order valence-electron chi connectivity index (χ4n) is 1.98. The van der Waals surface area contributed by atoms with Crippen molar-refractivity contribution in [1.29, 1.82) is 0 Å². The predicted octanol–water partition coefficient (Wildman–Crippen LogP) is 2.35. The Balaban J connectivity index is 2.12. The van der Waals surface area contributed by atoms with Gasteiger partial charge < -0.3 is 11.1 Å². The van der Waals surface area contributed by atoms with Gasteiger partial charge in [-0.15, -0.1) is 0 Å². The van der Waals surface area contributed by atoms with Crippen LogP contribution in [0.2, 0.25) is 5.02 Å². The summed E-state index contributed by atoms with van der Waals surface area (Å²) in [6.07, 6.45) is 2.79. The average molecular weight is 293 g/mol. The first kappa shape index (κ1) is 14.4. The minimum absolute atomic E-state index is 0.411. The summed E-state index contributed by atoms with van der Waals surface area (Å²) in [4.78, 5) is 11.1. The lowest BCUT2D eigenvalue weighted by Crippen LogP contribution is -2.11. The van der Waals surface area contributed by atoms with E-state index in [2.05, 4.69) is 17.3 Å². The van der Waals surface area contributed by atoms with Crippen LogP contribution in [0.5, 0.6) is 0 Å². The van der Waals surface area contributed by atoms with Crippen LogP contribution in [-0.4, -0.2) is 15.7 Å². The van der Waals surface area contributed by atoms with E-state index in [1.165, 1.54) is 0 Å². The standard InChI is InChI=1S/C14H17ClN4O/c1-3-12-13(8-19(2)18-12)17-7-10-5-4-9(14(16)20)6-11(10)15/h4-6,8,17H,3,7H2,1-2H3,(H2,16,20). The highest BCUT2D eigenvalue weighted by Gasteiger charge is 2.08. The molecule has 2 aromatic rings. The van der Waals surface area contributed by atoms with Crippen LogP contribution in [0, 0.1) is 0 Å². The minimum atomic E-state index is -0.480. The highest BCUT2D eigenvalue weighted by atomic mass is 35.5. The molecule has 0 aliphatic rings.